The molecule has 0 atom stereocenters. The van der Waals surface area contributed by atoms with Gasteiger partial charge >= 0.3 is 0 Å². The average molecular weight is 395 g/mol. The summed E-state index contributed by atoms with van der Waals surface area (Å²) in [6, 6.07) is 6.50. The zero-order valence-corrected chi connectivity index (χ0v) is 19.0. The fourth-order valence-electron chi connectivity index (χ4n) is 4.98. The van der Waals surface area contributed by atoms with Crippen LogP contribution in [0.4, 0.5) is 11.4 Å². The Kier molecular flexibility index (Phi) is 4.92. The average Bonchev–Trinajstić information content (AvgIpc) is 3.03. The van der Waals surface area contributed by atoms with Crippen molar-refractivity contribution in [3.8, 4) is 11.5 Å². The molecule has 2 heterocycles. The highest BCUT2D eigenvalue weighted by Gasteiger charge is 2.35. The molecule has 0 bridgehead atoms. The van der Waals surface area contributed by atoms with Crippen LogP contribution in [0, 0.1) is 27.7 Å². The molecule has 156 valence electrons. The standard InChI is InChI=1S/C25H34N2O2/c1-16-14-20(8-9-22(16)28-7)26-10-12-27(13-11-26)23-17(2)18(3)24-21(19(23)4)15-25(5,6)29-24/h8-9,14H,10-13,15H2,1-7H3. The van der Waals surface area contributed by atoms with E-state index in [1.807, 2.05) is 0 Å². The molecule has 2 aliphatic heterocycles. The molecule has 0 spiro atoms. The van der Waals surface area contributed by atoms with Gasteiger partial charge in [0.15, 0.2) is 0 Å². The molecule has 1 fully saturated rings. The van der Waals surface area contributed by atoms with Crippen LogP contribution in [-0.2, 0) is 6.42 Å². The van der Waals surface area contributed by atoms with Crippen LogP contribution in [0.2, 0.25) is 0 Å². The van der Waals surface area contributed by atoms with Crippen LogP contribution in [0.25, 0.3) is 0 Å². The van der Waals surface area contributed by atoms with Crippen LogP contribution in [0.3, 0.4) is 0 Å². The summed E-state index contributed by atoms with van der Waals surface area (Å²) in [5.41, 5.74) is 9.28. The van der Waals surface area contributed by atoms with Gasteiger partial charge in [0.25, 0.3) is 0 Å². The summed E-state index contributed by atoms with van der Waals surface area (Å²) in [7, 11) is 1.73. The summed E-state index contributed by atoms with van der Waals surface area (Å²) in [5.74, 6) is 2.08. The molecule has 2 aromatic rings. The second-order valence-corrected chi connectivity index (χ2v) is 9.20. The highest BCUT2D eigenvalue weighted by Crippen LogP contribution is 2.45. The molecule has 2 aromatic carbocycles. The van der Waals surface area contributed by atoms with E-state index in [1.54, 1.807) is 7.11 Å². The van der Waals surface area contributed by atoms with E-state index >= 15 is 0 Å². The lowest BCUT2D eigenvalue weighted by Crippen LogP contribution is -2.47. The van der Waals surface area contributed by atoms with E-state index in [2.05, 4.69) is 69.5 Å². The maximum absolute atomic E-state index is 6.30. The van der Waals surface area contributed by atoms with Crippen LogP contribution in [-0.4, -0.2) is 38.9 Å². The third kappa shape index (κ3) is 3.43. The van der Waals surface area contributed by atoms with Crippen molar-refractivity contribution in [2.45, 2.75) is 53.6 Å². The number of benzene rings is 2. The zero-order valence-electron chi connectivity index (χ0n) is 19.0. The quantitative estimate of drug-likeness (QED) is 0.734. The number of hydrogen-bond donors (Lipinski definition) is 0. The third-order valence-corrected chi connectivity index (χ3v) is 6.66. The van der Waals surface area contributed by atoms with Crippen molar-refractivity contribution in [1.82, 2.24) is 0 Å². The van der Waals surface area contributed by atoms with Crippen LogP contribution in [0.1, 0.15) is 41.7 Å². The first kappa shape index (κ1) is 19.9. The minimum absolute atomic E-state index is 0.103. The number of methoxy groups -OCH3 is 1. The lowest BCUT2D eigenvalue weighted by molar-refractivity contribution is 0.137. The van der Waals surface area contributed by atoms with Crippen LogP contribution < -0.4 is 19.3 Å². The molecule has 4 heteroatoms. The molecule has 0 radical (unpaired) electrons. The second kappa shape index (κ2) is 7.16. The van der Waals surface area contributed by atoms with E-state index in [1.165, 1.54) is 39.2 Å². The first-order chi connectivity index (χ1) is 13.7. The van der Waals surface area contributed by atoms with Gasteiger partial charge in [0.2, 0.25) is 0 Å². The Hall–Kier alpha value is -2.36. The number of fused-ring (bicyclic) bond motifs is 1. The first-order valence-corrected chi connectivity index (χ1v) is 10.7. The lowest BCUT2D eigenvalue weighted by Gasteiger charge is -2.39. The molecule has 4 rings (SSSR count). The summed E-state index contributed by atoms with van der Waals surface area (Å²) in [6.07, 6.45) is 0.993. The summed E-state index contributed by atoms with van der Waals surface area (Å²) in [5, 5.41) is 0. The first-order valence-electron chi connectivity index (χ1n) is 10.7. The zero-order chi connectivity index (χ0) is 20.9. The largest absolute Gasteiger partial charge is 0.496 e. The Morgan fingerprint density at radius 1 is 0.897 bits per heavy atom. The Morgan fingerprint density at radius 2 is 1.55 bits per heavy atom. The SMILES string of the molecule is COc1ccc(N2CCN(c3c(C)c(C)c4c(c3C)CC(C)(C)O4)CC2)cc1C. The van der Waals surface area contributed by atoms with E-state index in [0.717, 1.165) is 44.1 Å². The monoisotopic (exact) mass is 394 g/mol. The van der Waals surface area contributed by atoms with E-state index in [-0.39, 0.29) is 5.60 Å². The third-order valence-electron chi connectivity index (χ3n) is 6.66. The summed E-state index contributed by atoms with van der Waals surface area (Å²) in [6.45, 7) is 17.4. The Balaban J connectivity index is 1.57. The van der Waals surface area contributed by atoms with E-state index < -0.39 is 0 Å². The number of rotatable bonds is 3. The molecule has 0 amide bonds. The molecule has 0 aliphatic carbocycles. The molecule has 1 saturated heterocycles. The smallest absolute Gasteiger partial charge is 0.127 e. The van der Waals surface area contributed by atoms with Gasteiger partial charge in [-0.3, -0.25) is 0 Å². The predicted molar refractivity (Wildman–Crippen MR) is 121 cm³/mol. The van der Waals surface area contributed by atoms with Gasteiger partial charge in [-0.15, -0.1) is 0 Å². The summed E-state index contributed by atoms with van der Waals surface area (Å²) in [4.78, 5) is 5.07. The number of hydrogen-bond acceptors (Lipinski definition) is 4. The maximum atomic E-state index is 6.30. The molecule has 29 heavy (non-hydrogen) atoms. The Labute approximate surface area is 175 Å². The number of ether oxygens (including phenoxy) is 2. The van der Waals surface area contributed by atoms with Crippen molar-refractivity contribution in [3.63, 3.8) is 0 Å². The van der Waals surface area contributed by atoms with Gasteiger partial charge in [0.1, 0.15) is 17.1 Å². The van der Waals surface area contributed by atoms with Crippen molar-refractivity contribution in [2.75, 3.05) is 43.1 Å². The second-order valence-electron chi connectivity index (χ2n) is 9.20. The highest BCUT2D eigenvalue weighted by atomic mass is 16.5. The van der Waals surface area contributed by atoms with Crippen LogP contribution in [0.15, 0.2) is 18.2 Å². The van der Waals surface area contributed by atoms with Crippen molar-refractivity contribution < 1.29 is 9.47 Å². The number of piperazine rings is 1. The summed E-state index contributed by atoms with van der Waals surface area (Å²) >= 11 is 0. The number of anilines is 2. The molecular formula is C25H34N2O2. The van der Waals surface area contributed by atoms with Crippen LogP contribution in [0.5, 0.6) is 11.5 Å². The Morgan fingerprint density at radius 3 is 2.17 bits per heavy atom. The minimum atomic E-state index is -0.103. The molecule has 0 unspecified atom stereocenters. The molecule has 0 N–H and O–H groups in total. The van der Waals surface area contributed by atoms with Gasteiger partial charge in [0, 0.05) is 49.5 Å². The predicted octanol–water partition coefficient (Wildman–Crippen LogP) is 4.97. The summed E-state index contributed by atoms with van der Waals surface area (Å²) < 4.78 is 11.7. The Bertz CT molecular complexity index is 941. The normalized spacial score (nSPS) is 17.9. The van der Waals surface area contributed by atoms with Gasteiger partial charge in [-0.25, -0.2) is 0 Å². The van der Waals surface area contributed by atoms with Gasteiger partial charge in [-0.2, -0.15) is 0 Å². The van der Waals surface area contributed by atoms with Gasteiger partial charge < -0.3 is 19.3 Å². The number of aryl methyl sites for hydroxylation is 1. The molecular weight excluding hydrogens is 360 g/mol. The van der Waals surface area contributed by atoms with Gasteiger partial charge in [-0.1, -0.05) is 0 Å². The van der Waals surface area contributed by atoms with E-state index in [4.69, 9.17) is 9.47 Å². The molecule has 2 aliphatic rings. The van der Waals surface area contributed by atoms with E-state index in [0.29, 0.717) is 0 Å². The lowest BCUT2D eigenvalue weighted by atomic mass is 9.91. The fourth-order valence-corrected chi connectivity index (χ4v) is 4.98. The maximum Gasteiger partial charge on any atom is 0.127 e. The molecule has 0 saturated carbocycles. The van der Waals surface area contributed by atoms with Crippen LogP contribution >= 0.6 is 0 Å². The van der Waals surface area contributed by atoms with Crippen molar-refractivity contribution in [3.05, 3.63) is 46.0 Å². The topological polar surface area (TPSA) is 24.9 Å². The van der Waals surface area contributed by atoms with E-state index in [9.17, 15) is 0 Å². The molecule has 0 aromatic heterocycles. The highest BCUT2D eigenvalue weighted by molar-refractivity contribution is 5.70. The van der Waals surface area contributed by atoms with Crippen molar-refractivity contribution in [2.24, 2.45) is 0 Å². The van der Waals surface area contributed by atoms with Gasteiger partial charge in [0.05, 0.1) is 7.11 Å². The van der Waals surface area contributed by atoms with Gasteiger partial charge in [-0.05, 0) is 82.0 Å². The van der Waals surface area contributed by atoms with Crippen molar-refractivity contribution in [1.29, 1.82) is 0 Å². The van der Waals surface area contributed by atoms with Crippen molar-refractivity contribution >= 4 is 11.4 Å². The molecule has 4 nitrogen and oxygen atoms in total. The minimum Gasteiger partial charge on any atom is -0.496 e. The number of nitrogens with zero attached hydrogens (tertiary/aromatic N) is 2. The fraction of sp³-hybridized carbons (Fsp3) is 0.520.